The van der Waals surface area contributed by atoms with Gasteiger partial charge in [-0.3, -0.25) is 4.79 Å². The molecule has 6 nitrogen and oxygen atoms in total. The zero-order chi connectivity index (χ0) is 14.0. The van der Waals surface area contributed by atoms with Gasteiger partial charge < -0.3 is 5.11 Å². The molecule has 0 spiro atoms. The molecule has 2 rings (SSSR count). The van der Waals surface area contributed by atoms with E-state index in [2.05, 4.69) is 17.2 Å². The molecule has 1 aliphatic carbocycles. The van der Waals surface area contributed by atoms with Gasteiger partial charge in [0.25, 0.3) is 5.82 Å². The number of rotatable bonds is 4. The summed E-state index contributed by atoms with van der Waals surface area (Å²) in [6.07, 6.45) is 4.52. The average molecular weight is 267 g/mol. The lowest BCUT2D eigenvalue weighted by molar-refractivity contribution is -0.787. The van der Waals surface area contributed by atoms with Gasteiger partial charge in [0, 0.05) is 13.3 Å². The van der Waals surface area contributed by atoms with Gasteiger partial charge in [0.15, 0.2) is 0 Å². The first-order valence-electron chi connectivity index (χ1n) is 6.99. The summed E-state index contributed by atoms with van der Waals surface area (Å²) < 4.78 is 1.99. The minimum atomic E-state index is -0.671. The lowest BCUT2D eigenvalue weighted by Gasteiger charge is -2.29. The first-order valence-corrected chi connectivity index (χ1v) is 6.99. The van der Waals surface area contributed by atoms with Gasteiger partial charge in [0.1, 0.15) is 13.1 Å². The van der Waals surface area contributed by atoms with Crippen LogP contribution in [0.4, 0.5) is 0 Å². The Morgan fingerprint density at radius 1 is 1.47 bits per heavy atom. The van der Waals surface area contributed by atoms with E-state index in [0.717, 1.165) is 31.5 Å². The number of carboxylic acids is 1. The van der Waals surface area contributed by atoms with Crippen molar-refractivity contribution in [3.8, 4) is 0 Å². The van der Waals surface area contributed by atoms with Crippen LogP contribution in [0.1, 0.15) is 50.9 Å². The molecule has 1 atom stereocenters. The highest BCUT2D eigenvalue weighted by Crippen LogP contribution is 2.34. The monoisotopic (exact) mass is 267 g/mol. The first kappa shape index (κ1) is 14.0. The van der Waals surface area contributed by atoms with Crippen molar-refractivity contribution in [2.24, 2.45) is 18.9 Å². The lowest BCUT2D eigenvalue weighted by Crippen LogP contribution is -2.47. The summed E-state index contributed by atoms with van der Waals surface area (Å²) in [5.41, 5.74) is 0. The molecule has 0 aromatic carbocycles. The number of aromatic nitrogens is 4. The van der Waals surface area contributed by atoms with Crippen molar-refractivity contribution in [1.29, 1.82) is 0 Å². The van der Waals surface area contributed by atoms with Gasteiger partial charge in [0.2, 0.25) is 0 Å². The lowest BCUT2D eigenvalue weighted by atomic mass is 9.78. The van der Waals surface area contributed by atoms with Crippen molar-refractivity contribution in [2.75, 3.05) is 0 Å². The van der Waals surface area contributed by atoms with Gasteiger partial charge >= 0.3 is 5.97 Å². The summed E-state index contributed by atoms with van der Waals surface area (Å²) in [4.78, 5) is 12.3. The van der Waals surface area contributed by atoms with Crippen molar-refractivity contribution < 1.29 is 14.6 Å². The topological polar surface area (TPSA) is 71.9 Å². The SMILES string of the molecule is Cc1nn(C)n[n+]1C(C)C1CCC(CC(=O)O)CC1. The van der Waals surface area contributed by atoms with Crippen molar-refractivity contribution >= 4 is 5.97 Å². The zero-order valence-electron chi connectivity index (χ0n) is 11.9. The fraction of sp³-hybridized carbons (Fsp3) is 0.846. The highest BCUT2D eigenvalue weighted by Gasteiger charge is 2.31. The quantitative estimate of drug-likeness (QED) is 0.833. The molecule has 6 heteroatoms. The van der Waals surface area contributed by atoms with Crippen LogP contribution in [-0.4, -0.2) is 26.2 Å². The second kappa shape index (κ2) is 5.67. The third-order valence-electron chi connectivity index (χ3n) is 4.27. The average Bonchev–Trinajstić information content (AvgIpc) is 2.68. The standard InChI is InChI=1S/C13H22N4O2/c1-9(17-10(2)14-16(3)15-17)12-6-4-11(5-7-12)8-13(18)19/h9,11-12H,4-8H2,1-3H3/p+1. The van der Waals surface area contributed by atoms with Crippen molar-refractivity contribution in [2.45, 2.75) is 52.0 Å². The first-order chi connectivity index (χ1) is 8.97. The van der Waals surface area contributed by atoms with Crippen LogP contribution in [0.2, 0.25) is 0 Å². The summed E-state index contributed by atoms with van der Waals surface area (Å²) in [6.45, 7) is 4.16. The fourth-order valence-electron chi connectivity index (χ4n) is 3.18. The van der Waals surface area contributed by atoms with E-state index >= 15 is 0 Å². The van der Waals surface area contributed by atoms with Crippen LogP contribution >= 0.6 is 0 Å². The van der Waals surface area contributed by atoms with Crippen LogP contribution in [0.5, 0.6) is 0 Å². The van der Waals surface area contributed by atoms with Gasteiger partial charge in [-0.05, 0) is 49.2 Å². The van der Waals surface area contributed by atoms with E-state index in [1.165, 1.54) is 0 Å². The highest BCUT2D eigenvalue weighted by molar-refractivity contribution is 5.67. The van der Waals surface area contributed by atoms with Gasteiger partial charge in [-0.25, -0.2) is 0 Å². The Morgan fingerprint density at radius 2 is 2.11 bits per heavy atom. The van der Waals surface area contributed by atoms with Crippen LogP contribution in [-0.2, 0) is 11.8 Å². The molecule has 0 aliphatic heterocycles. The second-order valence-corrected chi connectivity index (χ2v) is 5.69. The third-order valence-corrected chi connectivity index (χ3v) is 4.27. The summed E-state index contributed by atoms with van der Waals surface area (Å²) >= 11 is 0. The molecule has 19 heavy (non-hydrogen) atoms. The Bertz CT molecular complexity index is 449. The highest BCUT2D eigenvalue weighted by atomic mass is 16.4. The Labute approximate surface area is 113 Å². The van der Waals surface area contributed by atoms with E-state index in [1.807, 2.05) is 18.7 Å². The van der Waals surface area contributed by atoms with Crippen LogP contribution in [0, 0.1) is 18.8 Å². The molecule has 1 fully saturated rings. The molecule has 1 aliphatic rings. The van der Waals surface area contributed by atoms with Crippen LogP contribution in [0.15, 0.2) is 0 Å². The minimum absolute atomic E-state index is 0.318. The normalized spacial score (nSPS) is 25.2. The maximum absolute atomic E-state index is 10.7. The molecule has 0 saturated heterocycles. The van der Waals surface area contributed by atoms with Gasteiger partial charge in [-0.1, -0.05) is 0 Å². The maximum Gasteiger partial charge on any atom is 0.303 e. The summed E-state index contributed by atoms with van der Waals surface area (Å²) in [6, 6.07) is 0.333. The number of carbonyl (C=O) groups is 1. The van der Waals surface area contributed by atoms with Crippen LogP contribution in [0.3, 0.4) is 0 Å². The van der Waals surface area contributed by atoms with Crippen molar-refractivity contribution in [3.63, 3.8) is 0 Å². The molecule has 0 bridgehead atoms. The number of nitrogens with zero attached hydrogens (tertiary/aromatic N) is 4. The summed E-state index contributed by atoms with van der Waals surface area (Å²) in [5, 5.41) is 17.5. The number of tetrazole rings is 1. The van der Waals surface area contributed by atoms with E-state index in [1.54, 1.807) is 4.80 Å². The number of hydrogen-bond donors (Lipinski definition) is 1. The number of aliphatic carboxylic acids is 1. The molecular weight excluding hydrogens is 244 g/mol. The van der Waals surface area contributed by atoms with Gasteiger partial charge in [-0.2, -0.15) is 0 Å². The van der Waals surface area contributed by atoms with Crippen molar-refractivity contribution in [3.05, 3.63) is 5.82 Å². The third kappa shape index (κ3) is 3.30. The van der Waals surface area contributed by atoms with E-state index in [4.69, 9.17) is 5.11 Å². The van der Waals surface area contributed by atoms with E-state index in [-0.39, 0.29) is 0 Å². The van der Waals surface area contributed by atoms with Crippen molar-refractivity contribution in [1.82, 2.24) is 15.1 Å². The van der Waals surface area contributed by atoms with E-state index < -0.39 is 5.97 Å². The summed E-state index contributed by atoms with van der Waals surface area (Å²) in [7, 11) is 1.83. The molecule has 1 unspecified atom stereocenters. The molecule has 106 valence electrons. The van der Waals surface area contributed by atoms with Crippen LogP contribution in [0.25, 0.3) is 0 Å². The van der Waals surface area contributed by atoms with Gasteiger partial charge in [0.05, 0.1) is 10.3 Å². The molecule has 1 aromatic heterocycles. The summed E-state index contributed by atoms with van der Waals surface area (Å²) in [5.74, 6) is 1.19. The Morgan fingerprint density at radius 3 is 2.58 bits per heavy atom. The predicted molar refractivity (Wildman–Crippen MR) is 68.3 cm³/mol. The molecule has 0 radical (unpaired) electrons. The molecule has 1 aromatic rings. The van der Waals surface area contributed by atoms with E-state index in [9.17, 15) is 4.79 Å². The molecule has 0 amide bonds. The molecule has 1 N–H and O–H groups in total. The van der Waals surface area contributed by atoms with Gasteiger partial charge in [-0.15, -0.1) is 4.68 Å². The largest absolute Gasteiger partial charge is 0.481 e. The molecule has 1 saturated carbocycles. The Hall–Kier alpha value is -1.46. The smallest absolute Gasteiger partial charge is 0.303 e. The molecule has 1 heterocycles. The molecular formula is C13H23N4O2+. The fourth-order valence-corrected chi connectivity index (χ4v) is 3.18. The number of carboxylic acid groups (broad SMARTS) is 1. The minimum Gasteiger partial charge on any atom is -0.481 e. The number of hydrogen-bond acceptors (Lipinski definition) is 3. The maximum atomic E-state index is 10.7. The Kier molecular flexibility index (Phi) is 4.17. The number of aryl methyl sites for hydroxylation is 2. The predicted octanol–water partition coefficient (Wildman–Crippen LogP) is 1.25. The second-order valence-electron chi connectivity index (χ2n) is 5.69. The van der Waals surface area contributed by atoms with E-state index in [0.29, 0.717) is 24.3 Å². The van der Waals surface area contributed by atoms with Crippen LogP contribution < -0.4 is 4.68 Å². The zero-order valence-corrected chi connectivity index (χ0v) is 11.9. The Balaban J connectivity index is 1.94.